The predicted molar refractivity (Wildman–Crippen MR) is 160 cm³/mol. The Kier molecular flexibility index (Phi) is 9.55. The molecule has 14 heteroatoms. The number of aliphatic imine (C=N–C) groups is 1. The van der Waals surface area contributed by atoms with Crippen LogP contribution in [-0.2, 0) is 23.4 Å². The summed E-state index contributed by atoms with van der Waals surface area (Å²) in [7, 11) is -4.28. The van der Waals surface area contributed by atoms with E-state index in [1.165, 1.54) is 11.8 Å². The summed E-state index contributed by atoms with van der Waals surface area (Å²) in [6.45, 7) is 9.97. The van der Waals surface area contributed by atoms with Crippen molar-refractivity contribution in [2.24, 2.45) is 10.7 Å². The molecule has 2 aromatic carbocycles. The van der Waals surface area contributed by atoms with Crippen LogP contribution in [0, 0.1) is 0 Å². The van der Waals surface area contributed by atoms with Crippen molar-refractivity contribution in [3.63, 3.8) is 0 Å². The molecule has 222 valence electrons. The summed E-state index contributed by atoms with van der Waals surface area (Å²) in [5, 5.41) is 15.3. The lowest BCUT2D eigenvalue weighted by Crippen LogP contribution is -2.48. The van der Waals surface area contributed by atoms with Crippen LogP contribution in [0.1, 0.15) is 27.7 Å². The highest BCUT2D eigenvalue weighted by atomic mass is 79.9. The van der Waals surface area contributed by atoms with Gasteiger partial charge in [0.25, 0.3) is 0 Å². The zero-order valence-corrected chi connectivity index (χ0v) is 26.2. The number of nitrogens with two attached hydrogens (primary N) is 1. The van der Waals surface area contributed by atoms with Crippen molar-refractivity contribution >= 4 is 57.9 Å². The van der Waals surface area contributed by atoms with Crippen molar-refractivity contribution in [1.29, 1.82) is 0 Å². The minimum atomic E-state index is -4.28. The number of carbonyl (C=O) groups excluding carboxylic acids is 1. The van der Waals surface area contributed by atoms with Crippen LogP contribution in [0.2, 0.25) is 0 Å². The third-order valence-corrected chi connectivity index (χ3v) is 9.10. The monoisotopic (exact) mass is 670 g/mol. The third kappa shape index (κ3) is 6.97. The van der Waals surface area contributed by atoms with E-state index in [4.69, 9.17) is 35.9 Å². The molecule has 0 saturated carbocycles. The number of esters is 1. The Morgan fingerprint density at radius 2 is 2.00 bits per heavy atom. The van der Waals surface area contributed by atoms with Crippen LogP contribution in [-0.4, -0.2) is 63.9 Å². The van der Waals surface area contributed by atoms with Gasteiger partial charge in [0.15, 0.2) is 6.23 Å². The van der Waals surface area contributed by atoms with Gasteiger partial charge in [0, 0.05) is 11.6 Å². The van der Waals surface area contributed by atoms with Crippen LogP contribution in [0.3, 0.4) is 0 Å². The largest absolute Gasteiger partial charge is 0.462 e. The van der Waals surface area contributed by atoms with E-state index in [2.05, 4.69) is 32.6 Å². The molecule has 2 heterocycles. The molecule has 41 heavy (non-hydrogen) atoms. The minimum Gasteiger partial charge on any atom is -0.462 e. The molecule has 4 N–H and O–H groups in total. The van der Waals surface area contributed by atoms with Crippen LogP contribution < -0.4 is 15.3 Å². The first kappa shape index (κ1) is 31.5. The Morgan fingerprint density at radius 3 is 2.71 bits per heavy atom. The highest BCUT2D eigenvalue weighted by Gasteiger charge is 2.55. The molecule has 0 radical (unpaired) electrons. The second-order valence-electron chi connectivity index (χ2n) is 10.1. The summed E-state index contributed by atoms with van der Waals surface area (Å²) in [6.07, 6.45) is -2.04. The summed E-state index contributed by atoms with van der Waals surface area (Å²) in [4.78, 5) is 16.9. The Hall–Kier alpha value is -2.44. The Morgan fingerprint density at radius 1 is 1.32 bits per heavy atom. The summed E-state index contributed by atoms with van der Waals surface area (Å²) in [6, 6.07) is 11.6. The number of benzene rings is 2. The first-order valence-corrected chi connectivity index (χ1v) is 15.5. The van der Waals surface area contributed by atoms with E-state index in [0.717, 1.165) is 5.39 Å². The molecule has 4 rings (SSSR count). The number of carbonyl (C=O) groups is 1. The van der Waals surface area contributed by atoms with Crippen molar-refractivity contribution in [2.45, 2.75) is 63.2 Å². The quantitative estimate of drug-likeness (QED) is 0.184. The molecule has 2 aliphatic rings. The Balaban J connectivity index is 1.58. The summed E-state index contributed by atoms with van der Waals surface area (Å²) >= 11 is 10.1. The molecule has 2 aliphatic heterocycles. The van der Waals surface area contributed by atoms with Crippen molar-refractivity contribution < 1.29 is 33.0 Å². The van der Waals surface area contributed by atoms with Gasteiger partial charge < -0.3 is 29.7 Å². The van der Waals surface area contributed by atoms with Gasteiger partial charge in [0.1, 0.15) is 40.5 Å². The number of aliphatic hydroxyl groups excluding tert-OH is 1. The van der Waals surface area contributed by atoms with E-state index in [-0.39, 0.29) is 23.5 Å². The van der Waals surface area contributed by atoms with Crippen LogP contribution in [0.15, 0.2) is 70.5 Å². The molecular formula is C27H33BrClN4O7P. The van der Waals surface area contributed by atoms with Crippen LogP contribution in [0.4, 0.5) is 0 Å². The van der Waals surface area contributed by atoms with E-state index in [1.54, 1.807) is 39.1 Å². The lowest BCUT2D eigenvalue weighted by atomic mass is 10.0. The molecule has 0 unspecified atom stereocenters. The number of hydrogen-bond donors (Lipinski definition) is 3. The van der Waals surface area contributed by atoms with Crippen LogP contribution in [0.25, 0.3) is 10.8 Å². The molecule has 0 bridgehead atoms. The van der Waals surface area contributed by atoms with Crippen LogP contribution >= 0.6 is 35.3 Å². The molecule has 1 fully saturated rings. The fourth-order valence-corrected chi connectivity index (χ4v) is 6.48. The zero-order valence-electron chi connectivity index (χ0n) is 23.0. The second kappa shape index (κ2) is 12.4. The fourth-order valence-electron chi connectivity index (χ4n) is 4.36. The average Bonchev–Trinajstić information content (AvgIpc) is 3.13. The molecule has 11 nitrogen and oxygen atoms in total. The number of amidine groups is 1. The predicted octanol–water partition coefficient (Wildman–Crippen LogP) is 4.74. The van der Waals surface area contributed by atoms with Crippen molar-refractivity contribution in [1.82, 2.24) is 9.99 Å². The van der Waals surface area contributed by atoms with E-state index < -0.39 is 49.7 Å². The van der Waals surface area contributed by atoms with Gasteiger partial charge in [-0.2, -0.15) is 5.09 Å². The molecule has 0 aliphatic carbocycles. The average molecular weight is 672 g/mol. The van der Waals surface area contributed by atoms with Crippen molar-refractivity contribution in [2.75, 3.05) is 6.61 Å². The number of alkyl halides is 1. The first-order chi connectivity index (χ1) is 19.2. The molecular weight excluding hydrogens is 639 g/mol. The maximum absolute atomic E-state index is 14.2. The Labute approximate surface area is 252 Å². The molecule has 2 aromatic rings. The minimum absolute atomic E-state index is 0.226. The summed E-state index contributed by atoms with van der Waals surface area (Å²) < 4.78 is 37.7. The lowest BCUT2D eigenvalue weighted by molar-refractivity contribution is -0.149. The summed E-state index contributed by atoms with van der Waals surface area (Å²) in [5.74, 6) is 0.104. The van der Waals surface area contributed by atoms with Gasteiger partial charge in [-0.1, -0.05) is 43.0 Å². The maximum atomic E-state index is 14.2. The third-order valence-electron chi connectivity index (χ3n) is 6.45. The SMILES string of the molecule is C=C1N=C(N)C(Br)=CN1[C@@H]1O[C@H](CO[P@@](=O)(N[C@H](C)C(=O)OC(C)C)Oc2cccc3ccccc23)[C@@H](O)[C@@]1(C)Cl. The van der Waals surface area contributed by atoms with E-state index in [9.17, 15) is 14.5 Å². The van der Waals surface area contributed by atoms with E-state index in [1.807, 2.05) is 30.3 Å². The topological polar surface area (TPSA) is 145 Å². The fraction of sp³-hybridized carbons (Fsp3) is 0.407. The second-order valence-corrected chi connectivity index (χ2v) is 13.5. The summed E-state index contributed by atoms with van der Waals surface area (Å²) in [5.41, 5.74) is 5.85. The number of rotatable bonds is 10. The standard InChI is InChI=1S/C27H33BrClN4O7P/c1-15(2)38-25(35)16(3)32-41(36,40-21-12-8-10-18-9-6-7-11-19(18)21)37-14-22-23(34)27(5,29)26(39-22)33-13-20(28)24(30)31-17(33)4/h6-13,15-16,22-23,26,34H,4,14H2,1-3,5H3,(H2,30,31)(H,32,36)/t16-,22-,23-,26-,27-,41+/m1/s1. The van der Waals surface area contributed by atoms with Gasteiger partial charge in [-0.25, -0.2) is 9.56 Å². The number of halogens is 2. The van der Waals surface area contributed by atoms with E-state index >= 15 is 0 Å². The van der Waals surface area contributed by atoms with Gasteiger partial charge in [-0.3, -0.25) is 9.32 Å². The Bertz CT molecular complexity index is 1430. The molecule has 6 atom stereocenters. The van der Waals surface area contributed by atoms with Crippen LogP contribution in [0.5, 0.6) is 5.75 Å². The van der Waals surface area contributed by atoms with E-state index in [0.29, 0.717) is 9.87 Å². The smallest absolute Gasteiger partial charge is 0.459 e. The maximum Gasteiger partial charge on any atom is 0.459 e. The number of fused-ring (bicyclic) bond motifs is 1. The molecule has 0 amide bonds. The number of ether oxygens (including phenoxy) is 2. The number of aliphatic hydroxyl groups is 1. The number of hydrogen-bond acceptors (Lipinski definition) is 10. The first-order valence-electron chi connectivity index (χ1n) is 12.8. The van der Waals surface area contributed by atoms with Crippen molar-refractivity contribution in [3.8, 4) is 5.75 Å². The van der Waals surface area contributed by atoms with Gasteiger partial charge in [0.05, 0.1) is 17.2 Å². The molecule has 1 saturated heterocycles. The van der Waals surface area contributed by atoms with Gasteiger partial charge in [-0.05, 0) is 55.1 Å². The van der Waals surface area contributed by atoms with Crippen molar-refractivity contribution in [3.05, 3.63) is 65.5 Å². The van der Waals surface area contributed by atoms with Gasteiger partial charge in [-0.15, -0.1) is 11.6 Å². The zero-order chi connectivity index (χ0) is 30.1. The normalized spacial score (nSPS) is 26.9. The number of nitrogens with one attached hydrogen (secondary N) is 1. The van der Waals surface area contributed by atoms with Gasteiger partial charge >= 0.3 is 13.7 Å². The highest BCUT2D eigenvalue weighted by Crippen LogP contribution is 2.48. The lowest BCUT2D eigenvalue weighted by Gasteiger charge is -2.35. The molecule has 0 aromatic heterocycles. The molecule has 0 spiro atoms. The van der Waals surface area contributed by atoms with Gasteiger partial charge in [0.2, 0.25) is 0 Å². The highest BCUT2D eigenvalue weighted by molar-refractivity contribution is 9.12. The number of nitrogens with zero attached hydrogens (tertiary/aromatic N) is 2.